The average Bonchev–Trinajstić information content (AvgIpc) is 2.37. The maximum absolute atomic E-state index is 3.96. The Labute approximate surface area is 128 Å². The minimum absolute atomic E-state index is 0.254. The molecule has 20 heavy (non-hydrogen) atoms. The molecule has 1 aliphatic rings. The Balaban J connectivity index is 2.54. The van der Waals surface area contributed by atoms with Crippen LogP contribution in [0.5, 0.6) is 0 Å². The standard InChI is InChI=1S/C19H39N/c1-17(2,3)14-19(7,8)20-16-11-9-10-15(12-13-16)18(4,5)6/h15-16,20H,9-14H2,1-8H3. The van der Waals surface area contributed by atoms with Crippen molar-refractivity contribution in [3.63, 3.8) is 0 Å². The van der Waals surface area contributed by atoms with Gasteiger partial charge in [0.15, 0.2) is 0 Å². The van der Waals surface area contributed by atoms with Gasteiger partial charge in [0, 0.05) is 11.6 Å². The minimum atomic E-state index is 0.254. The molecule has 120 valence electrons. The van der Waals surface area contributed by atoms with Gasteiger partial charge in [-0.15, -0.1) is 0 Å². The van der Waals surface area contributed by atoms with Gasteiger partial charge in [0.25, 0.3) is 0 Å². The number of hydrogen-bond acceptors (Lipinski definition) is 1. The van der Waals surface area contributed by atoms with E-state index in [0.717, 1.165) is 12.0 Å². The lowest BCUT2D eigenvalue weighted by atomic mass is 9.76. The largest absolute Gasteiger partial charge is 0.309 e. The van der Waals surface area contributed by atoms with Crippen LogP contribution in [0.2, 0.25) is 0 Å². The van der Waals surface area contributed by atoms with E-state index in [4.69, 9.17) is 0 Å². The Kier molecular flexibility index (Phi) is 5.75. The zero-order chi connectivity index (χ0) is 15.6. The number of nitrogens with one attached hydrogen (secondary N) is 1. The highest BCUT2D eigenvalue weighted by Gasteiger charge is 2.31. The molecule has 0 aromatic carbocycles. The van der Waals surface area contributed by atoms with E-state index >= 15 is 0 Å². The van der Waals surface area contributed by atoms with Crippen LogP contribution in [-0.2, 0) is 0 Å². The van der Waals surface area contributed by atoms with E-state index in [2.05, 4.69) is 60.7 Å². The van der Waals surface area contributed by atoms with Crippen molar-refractivity contribution in [3.05, 3.63) is 0 Å². The highest BCUT2D eigenvalue weighted by molar-refractivity contribution is 4.89. The van der Waals surface area contributed by atoms with Gasteiger partial charge in [0.05, 0.1) is 0 Å². The van der Waals surface area contributed by atoms with Crippen molar-refractivity contribution in [1.29, 1.82) is 0 Å². The summed E-state index contributed by atoms with van der Waals surface area (Å²) in [6.07, 6.45) is 8.16. The fourth-order valence-electron chi connectivity index (χ4n) is 4.24. The third-order valence-corrected chi connectivity index (χ3v) is 4.76. The molecule has 2 unspecified atom stereocenters. The summed E-state index contributed by atoms with van der Waals surface area (Å²) in [5.74, 6) is 0.903. The van der Waals surface area contributed by atoms with E-state index < -0.39 is 0 Å². The fourth-order valence-corrected chi connectivity index (χ4v) is 4.24. The van der Waals surface area contributed by atoms with Crippen molar-refractivity contribution in [3.8, 4) is 0 Å². The number of rotatable bonds is 3. The second-order valence-electron chi connectivity index (χ2n) is 10.0. The lowest BCUT2D eigenvalue weighted by Gasteiger charge is -2.37. The molecule has 1 heteroatoms. The Morgan fingerprint density at radius 2 is 1.40 bits per heavy atom. The summed E-state index contributed by atoms with van der Waals surface area (Å²) in [5, 5.41) is 3.96. The molecule has 0 aliphatic heterocycles. The Hall–Kier alpha value is -0.0400. The normalized spacial score (nSPS) is 26.4. The molecule has 1 nitrogen and oxygen atoms in total. The van der Waals surface area contributed by atoms with Crippen molar-refractivity contribution in [2.24, 2.45) is 16.7 Å². The summed E-state index contributed by atoms with van der Waals surface area (Å²) in [7, 11) is 0. The molecule has 0 amide bonds. The maximum atomic E-state index is 3.96. The first kappa shape index (κ1) is 18.0. The minimum Gasteiger partial charge on any atom is -0.309 e. The lowest BCUT2D eigenvalue weighted by molar-refractivity contribution is 0.202. The lowest BCUT2D eigenvalue weighted by Crippen LogP contribution is -2.47. The Morgan fingerprint density at radius 1 is 0.800 bits per heavy atom. The molecular weight excluding hydrogens is 242 g/mol. The highest BCUT2D eigenvalue weighted by atomic mass is 15.0. The van der Waals surface area contributed by atoms with E-state index in [0.29, 0.717) is 10.8 Å². The van der Waals surface area contributed by atoms with Crippen LogP contribution in [0, 0.1) is 16.7 Å². The van der Waals surface area contributed by atoms with Gasteiger partial charge in [0.2, 0.25) is 0 Å². The number of hydrogen-bond donors (Lipinski definition) is 1. The summed E-state index contributed by atoms with van der Waals surface area (Å²) < 4.78 is 0. The highest BCUT2D eigenvalue weighted by Crippen LogP contribution is 2.37. The first-order valence-electron chi connectivity index (χ1n) is 8.67. The van der Waals surface area contributed by atoms with Gasteiger partial charge in [-0.2, -0.15) is 0 Å². The summed E-state index contributed by atoms with van der Waals surface area (Å²) in [6.45, 7) is 19.0. The fraction of sp³-hybridized carbons (Fsp3) is 1.00. The molecule has 0 radical (unpaired) electrons. The molecule has 0 heterocycles. The molecule has 0 bridgehead atoms. The quantitative estimate of drug-likeness (QED) is 0.646. The molecule has 0 aromatic rings. The first-order chi connectivity index (χ1) is 8.89. The van der Waals surface area contributed by atoms with Crippen LogP contribution in [0.15, 0.2) is 0 Å². The molecule has 1 N–H and O–H groups in total. The molecule has 1 fully saturated rings. The maximum Gasteiger partial charge on any atom is 0.0132 e. The van der Waals surface area contributed by atoms with Crippen LogP contribution in [0.3, 0.4) is 0 Å². The van der Waals surface area contributed by atoms with Gasteiger partial charge in [-0.05, 0) is 62.7 Å². The van der Waals surface area contributed by atoms with Crippen LogP contribution in [0.1, 0.15) is 93.9 Å². The van der Waals surface area contributed by atoms with Gasteiger partial charge >= 0.3 is 0 Å². The van der Waals surface area contributed by atoms with Crippen molar-refractivity contribution in [2.45, 2.75) is 105 Å². The van der Waals surface area contributed by atoms with Crippen molar-refractivity contribution < 1.29 is 0 Å². The summed E-state index contributed by atoms with van der Waals surface area (Å²) in [6, 6.07) is 0.722. The smallest absolute Gasteiger partial charge is 0.0132 e. The molecule has 2 atom stereocenters. The molecule has 1 aliphatic carbocycles. The molecule has 0 spiro atoms. The predicted molar refractivity (Wildman–Crippen MR) is 91.1 cm³/mol. The molecule has 0 saturated heterocycles. The topological polar surface area (TPSA) is 12.0 Å². The van der Waals surface area contributed by atoms with Gasteiger partial charge in [-0.25, -0.2) is 0 Å². The zero-order valence-corrected chi connectivity index (χ0v) is 15.4. The summed E-state index contributed by atoms with van der Waals surface area (Å²) in [5.41, 5.74) is 1.13. The van der Waals surface area contributed by atoms with Gasteiger partial charge in [-0.3, -0.25) is 0 Å². The second kappa shape index (κ2) is 6.38. The Morgan fingerprint density at radius 3 is 1.90 bits per heavy atom. The van der Waals surface area contributed by atoms with Gasteiger partial charge < -0.3 is 5.32 Å². The summed E-state index contributed by atoms with van der Waals surface area (Å²) in [4.78, 5) is 0. The van der Waals surface area contributed by atoms with Crippen LogP contribution in [0.4, 0.5) is 0 Å². The van der Waals surface area contributed by atoms with Crippen LogP contribution >= 0.6 is 0 Å². The third-order valence-electron chi connectivity index (χ3n) is 4.76. The zero-order valence-electron chi connectivity index (χ0n) is 15.4. The second-order valence-corrected chi connectivity index (χ2v) is 10.0. The monoisotopic (exact) mass is 281 g/mol. The third kappa shape index (κ3) is 6.61. The van der Waals surface area contributed by atoms with Crippen molar-refractivity contribution >= 4 is 0 Å². The van der Waals surface area contributed by atoms with E-state index in [9.17, 15) is 0 Å². The van der Waals surface area contributed by atoms with Crippen LogP contribution in [0.25, 0.3) is 0 Å². The van der Waals surface area contributed by atoms with E-state index in [1.165, 1.54) is 38.5 Å². The first-order valence-corrected chi connectivity index (χ1v) is 8.67. The Bertz CT molecular complexity index is 290. The van der Waals surface area contributed by atoms with Crippen molar-refractivity contribution in [1.82, 2.24) is 5.32 Å². The molecule has 0 aromatic heterocycles. The van der Waals surface area contributed by atoms with Crippen LogP contribution in [-0.4, -0.2) is 11.6 Å². The SMILES string of the molecule is CC(C)(C)CC(C)(C)NC1CCCC(C(C)(C)C)CC1. The van der Waals surface area contributed by atoms with E-state index in [-0.39, 0.29) is 5.54 Å². The van der Waals surface area contributed by atoms with E-state index in [1.807, 2.05) is 0 Å². The molecule has 1 saturated carbocycles. The average molecular weight is 282 g/mol. The van der Waals surface area contributed by atoms with E-state index in [1.54, 1.807) is 0 Å². The predicted octanol–water partition coefficient (Wildman–Crippen LogP) is 5.79. The van der Waals surface area contributed by atoms with Gasteiger partial charge in [0.1, 0.15) is 0 Å². The van der Waals surface area contributed by atoms with Gasteiger partial charge in [-0.1, -0.05) is 48.0 Å². The molecule has 1 rings (SSSR count). The summed E-state index contributed by atoms with van der Waals surface area (Å²) >= 11 is 0. The van der Waals surface area contributed by atoms with Crippen molar-refractivity contribution in [2.75, 3.05) is 0 Å². The van der Waals surface area contributed by atoms with Crippen LogP contribution < -0.4 is 5.32 Å². The molecular formula is C19H39N.